The Labute approximate surface area is 122 Å². The molecular weight excluding hydrogens is 279 g/mol. The molecule has 20 heavy (non-hydrogen) atoms. The van der Waals surface area contributed by atoms with E-state index in [1.54, 1.807) is 36.4 Å². The molecule has 1 atom stereocenters. The molecule has 2 rings (SSSR count). The first-order valence-corrected chi connectivity index (χ1v) is 6.83. The highest BCUT2D eigenvalue weighted by atomic mass is 35.5. The van der Waals surface area contributed by atoms with Crippen molar-refractivity contribution in [1.82, 2.24) is 0 Å². The molecule has 0 heterocycles. The molecule has 4 heteroatoms. The van der Waals surface area contributed by atoms with Gasteiger partial charge in [-0.2, -0.15) is 0 Å². The van der Waals surface area contributed by atoms with E-state index < -0.39 is 11.9 Å². The Kier molecular flexibility index (Phi) is 4.99. The highest BCUT2D eigenvalue weighted by Gasteiger charge is 2.14. The Morgan fingerprint density at radius 3 is 2.50 bits per heavy atom. The molecule has 0 aromatic heterocycles. The molecular formula is C16H16ClFO2. The van der Waals surface area contributed by atoms with E-state index >= 15 is 0 Å². The average molecular weight is 295 g/mol. The van der Waals surface area contributed by atoms with Gasteiger partial charge in [0.2, 0.25) is 0 Å². The lowest BCUT2D eigenvalue weighted by Crippen LogP contribution is -2.04. The van der Waals surface area contributed by atoms with Gasteiger partial charge >= 0.3 is 0 Å². The smallest absolute Gasteiger partial charge is 0.127 e. The van der Waals surface area contributed by atoms with Crippen LogP contribution in [0.4, 0.5) is 4.39 Å². The van der Waals surface area contributed by atoms with Crippen LogP contribution in [0.2, 0.25) is 5.02 Å². The van der Waals surface area contributed by atoms with Gasteiger partial charge in [-0.15, -0.1) is 0 Å². The number of aliphatic hydroxyl groups is 1. The maximum absolute atomic E-state index is 13.7. The van der Waals surface area contributed by atoms with Gasteiger partial charge in [-0.25, -0.2) is 4.39 Å². The topological polar surface area (TPSA) is 29.5 Å². The van der Waals surface area contributed by atoms with Crippen LogP contribution < -0.4 is 4.74 Å². The fourth-order valence-corrected chi connectivity index (χ4v) is 2.23. The molecule has 0 fully saturated rings. The van der Waals surface area contributed by atoms with Gasteiger partial charge in [-0.1, -0.05) is 29.8 Å². The third-order valence-corrected chi connectivity index (χ3v) is 3.39. The second-order valence-electron chi connectivity index (χ2n) is 4.42. The predicted octanol–water partition coefficient (Wildman–Crippen LogP) is 4.15. The number of hydrogen-bond acceptors (Lipinski definition) is 2. The molecule has 0 aliphatic rings. The Balaban J connectivity index is 2.13. The number of rotatable bonds is 5. The number of aliphatic hydroxyl groups excluding tert-OH is 1. The largest absolute Gasteiger partial charge is 0.494 e. The monoisotopic (exact) mass is 294 g/mol. The summed E-state index contributed by atoms with van der Waals surface area (Å²) in [5.41, 5.74) is 1.03. The summed E-state index contributed by atoms with van der Waals surface area (Å²) in [5, 5.41) is 10.5. The van der Waals surface area contributed by atoms with E-state index in [4.69, 9.17) is 16.3 Å². The van der Waals surface area contributed by atoms with Crippen LogP contribution in [0.15, 0.2) is 42.5 Å². The number of halogens is 2. The fraction of sp³-hybridized carbons (Fsp3) is 0.250. The van der Waals surface area contributed by atoms with Crippen molar-refractivity contribution in [3.05, 3.63) is 64.4 Å². The zero-order chi connectivity index (χ0) is 14.5. The Morgan fingerprint density at radius 2 is 1.90 bits per heavy atom. The van der Waals surface area contributed by atoms with Crippen molar-refractivity contribution in [3.63, 3.8) is 0 Å². The minimum Gasteiger partial charge on any atom is -0.494 e. The molecule has 0 spiro atoms. The lowest BCUT2D eigenvalue weighted by atomic mass is 10.0. The van der Waals surface area contributed by atoms with E-state index in [0.29, 0.717) is 22.8 Å². The molecule has 0 saturated heterocycles. The molecule has 1 unspecified atom stereocenters. The molecule has 0 aliphatic heterocycles. The summed E-state index contributed by atoms with van der Waals surface area (Å²) in [6, 6.07) is 11.6. The standard InChI is InChI=1S/C16H16ClFO2/c1-2-20-12-8-6-11(7-9-12)16(19)10-13-14(17)4-3-5-15(13)18/h3-9,16,19H,2,10H2,1H3. The lowest BCUT2D eigenvalue weighted by Gasteiger charge is -2.13. The van der Waals surface area contributed by atoms with Crippen LogP contribution >= 0.6 is 11.6 Å². The van der Waals surface area contributed by atoms with Crippen LogP contribution in [0.1, 0.15) is 24.2 Å². The van der Waals surface area contributed by atoms with Gasteiger partial charge in [0.1, 0.15) is 11.6 Å². The summed E-state index contributed by atoms with van der Waals surface area (Å²) in [4.78, 5) is 0. The van der Waals surface area contributed by atoms with Crippen LogP contribution in [-0.2, 0) is 6.42 Å². The van der Waals surface area contributed by atoms with Crippen LogP contribution in [0.25, 0.3) is 0 Å². The fourth-order valence-electron chi connectivity index (χ4n) is 1.99. The van der Waals surface area contributed by atoms with E-state index in [2.05, 4.69) is 0 Å². The van der Waals surface area contributed by atoms with E-state index in [9.17, 15) is 9.50 Å². The summed E-state index contributed by atoms with van der Waals surface area (Å²) in [6.45, 7) is 2.50. The van der Waals surface area contributed by atoms with Crippen molar-refractivity contribution in [2.75, 3.05) is 6.61 Å². The molecule has 2 aromatic carbocycles. The molecule has 2 nitrogen and oxygen atoms in total. The maximum atomic E-state index is 13.7. The lowest BCUT2D eigenvalue weighted by molar-refractivity contribution is 0.177. The van der Waals surface area contributed by atoms with Crippen molar-refractivity contribution in [1.29, 1.82) is 0 Å². The molecule has 0 aliphatic carbocycles. The van der Waals surface area contributed by atoms with Gasteiger partial charge in [0, 0.05) is 17.0 Å². The van der Waals surface area contributed by atoms with Crippen molar-refractivity contribution >= 4 is 11.6 Å². The number of benzene rings is 2. The minimum atomic E-state index is -0.805. The van der Waals surface area contributed by atoms with Gasteiger partial charge < -0.3 is 9.84 Å². The first-order chi connectivity index (χ1) is 9.61. The van der Waals surface area contributed by atoms with Crippen molar-refractivity contribution in [2.45, 2.75) is 19.4 Å². The van der Waals surface area contributed by atoms with Gasteiger partial charge in [0.15, 0.2) is 0 Å². The molecule has 0 radical (unpaired) electrons. The van der Waals surface area contributed by atoms with E-state index in [-0.39, 0.29) is 6.42 Å². The normalized spacial score (nSPS) is 12.2. The van der Waals surface area contributed by atoms with Crippen molar-refractivity contribution in [2.24, 2.45) is 0 Å². The molecule has 106 valence electrons. The van der Waals surface area contributed by atoms with Crippen LogP contribution in [0.5, 0.6) is 5.75 Å². The highest BCUT2D eigenvalue weighted by Crippen LogP contribution is 2.26. The van der Waals surface area contributed by atoms with Crippen LogP contribution in [0, 0.1) is 5.82 Å². The predicted molar refractivity (Wildman–Crippen MR) is 77.7 cm³/mol. The second-order valence-corrected chi connectivity index (χ2v) is 4.83. The molecule has 0 bridgehead atoms. The third-order valence-electron chi connectivity index (χ3n) is 3.04. The molecule has 2 aromatic rings. The highest BCUT2D eigenvalue weighted by molar-refractivity contribution is 6.31. The Morgan fingerprint density at radius 1 is 1.20 bits per heavy atom. The SMILES string of the molecule is CCOc1ccc(C(O)Cc2c(F)cccc2Cl)cc1. The third kappa shape index (κ3) is 3.50. The van der Waals surface area contributed by atoms with Crippen LogP contribution in [-0.4, -0.2) is 11.7 Å². The summed E-state index contributed by atoms with van der Waals surface area (Å²) in [6.07, 6.45) is -0.667. The second kappa shape index (κ2) is 6.73. The zero-order valence-electron chi connectivity index (χ0n) is 11.1. The summed E-state index contributed by atoms with van der Waals surface area (Å²) in [7, 11) is 0. The average Bonchev–Trinajstić information content (AvgIpc) is 2.44. The van der Waals surface area contributed by atoms with Crippen molar-refractivity contribution < 1.29 is 14.2 Å². The van der Waals surface area contributed by atoms with Gasteiger partial charge in [0.05, 0.1) is 12.7 Å². The van der Waals surface area contributed by atoms with Crippen LogP contribution in [0.3, 0.4) is 0 Å². The first-order valence-electron chi connectivity index (χ1n) is 6.45. The quantitative estimate of drug-likeness (QED) is 0.897. The molecule has 1 N–H and O–H groups in total. The minimum absolute atomic E-state index is 0.138. The summed E-state index contributed by atoms with van der Waals surface area (Å²) < 4.78 is 19.0. The van der Waals surface area contributed by atoms with Gasteiger partial charge in [-0.3, -0.25) is 0 Å². The van der Waals surface area contributed by atoms with Gasteiger partial charge in [-0.05, 0) is 36.8 Å². The Bertz CT molecular complexity index is 549. The zero-order valence-corrected chi connectivity index (χ0v) is 11.9. The van der Waals surface area contributed by atoms with E-state index in [1.807, 2.05) is 6.92 Å². The summed E-state index contributed by atoms with van der Waals surface area (Å²) in [5.74, 6) is 0.342. The van der Waals surface area contributed by atoms with Crippen molar-refractivity contribution in [3.8, 4) is 5.75 Å². The first kappa shape index (κ1) is 14.8. The van der Waals surface area contributed by atoms with E-state index in [0.717, 1.165) is 5.75 Å². The number of ether oxygens (including phenoxy) is 1. The molecule has 0 amide bonds. The summed E-state index contributed by atoms with van der Waals surface area (Å²) >= 11 is 5.96. The van der Waals surface area contributed by atoms with Gasteiger partial charge in [0.25, 0.3) is 0 Å². The molecule has 0 saturated carbocycles. The van der Waals surface area contributed by atoms with E-state index in [1.165, 1.54) is 6.07 Å². The Hall–Kier alpha value is -1.58. The maximum Gasteiger partial charge on any atom is 0.127 e. The number of hydrogen-bond donors (Lipinski definition) is 1.